The summed E-state index contributed by atoms with van der Waals surface area (Å²) in [6.07, 6.45) is 5.82. The highest BCUT2D eigenvalue weighted by atomic mass is 15.2. The van der Waals surface area contributed by atoms with Crippen LogP contribution in [-0.4, -0.2) is 21.1 Å². The normalized spacial score (nSPS) is 14.0. The molecule has 260 valence electrons. The van der Waals surface area contributed by atoms with Crippen molar-refractivity contribution in [1.82, 2.24) is 14.4 Å². The maximum atomic E-state index is 5.27. The average Bonchev–Trinajstić information content (AvgIpc) is 3.69. The molecule has 0 spiro atoms. The quantitative estimate of drug-likeness (QED) is 0.169. The van der Waals surface area contributed by atoms with E-state index in [4.69, 9.17) is 9.97 Å². The Labute approximate surface area is 315 Å². The van der Waals surface area contributed by atoms with Crippen LogP contribution in [0.2, 0.25) is 0 Å². The van der Waals surface area contributed by atoms with Gasteiger partial charge in [0.05, 0.1) is 45.5 Å². The van der Waals surface area contributed by atoms with Gasteiger partial charge in [0.1, 0.15) is 0 Å². The van der Waals surface area contributed by atoms with Crippen LogP contribution >= 0.6 is 0 Å². The molecule has 0 amide bonds. The molecule has 0 aliphatic carbocycles. The van der Waals surface area contributed by atoms with Crippen LogP contribution in [0.3, 0.4) is 0 Å². The summed E-state index contributed by atoms with van der Waals surface area (Å²) in [5, 5.41) is 5.11. The number of para-hydroxylation sites is 2. The number of rotatable bonds is 2. The second kappa shape index (κ2) is 10.7. The van der Waals surface area contributed by atoms with Gasteiger partial charge in [-0.2, -0.15) is 0 Å². The minimum absolute atomic E-state index is 0.0191. The Morgan fingerprint density at radius 2 is 1.13 bits per heavy atom. The van der Waals surface area contributed by atoms with Crippen molar-refractivity contribution in [3.05, 3.63) is 145 Å². The van der Waals surface area contributed by atoms with Crippen molar-refractivity contribution < 1.29 is 0 Å². The van der Waals surface area contributed by atoms with Gasteiger partial charge in [-0.1, -0.05) is 90.1 Å². The number of pyridine rings is 2. The summed E-state index contributed by atoms with van der Waals surface area (Å²) in [7, 11) is 0. The smallest absolute Gasteiger partial charge is 0.275 e. The number of aromatic nitrogens is 3. The fourth-order valence-electron chi connectivity index (χ4n) is 9.40. The lowest BCUT2D eigenvalue weighted by atomic mass is 9.34. The molecule has 0 atom stereocenters. The van der Waals surface area contributed by atoms with Gasteiger partial charge in [0, 0.05) is 50.9 Å². The third kappa shape index (κ3) is 4.11. The van der Waals surface area contributed by atoms with E-state index in [-0.39, 0.29) is 17.5 Å². The van der Waals surface area contributed by atoms with Gasteiger partial charge in [0.25, 0.3) is 6.71 Å². The zero-order valence-corrected chi connectivity index (χ0v) is 31.5. The predicted octanol–water partition coefficient (Wildman–Crippen LogP) is 10.3. The van der Waals surface area contributed by atoms with Gasteiger partial charge in [0.2, 0.25) is 0 Å². The first-order valence-corrected chi connectivity index (χ1v) is 19.0. The van der Waals surface area contributed by atoms with Crippen LogP contribution in [0.15, 0.2) is 134 Å². The Morgan fingerprint density at radius 1 is 0.556 bits per heavy atom. The first-order chi connectivity index (χ1) is 26.1. The summed E-state index contributed by atoms with van der Waals surface area (Å²) in [4.78, 5) is 15.0. The van der Waals surface area contributed by atoms with Gasteiger partial charge >= 0.3 is 0 Å². The summed E-state index contributed by atoms with van der Waals surface area (Å²) in [6, 6.07) is 42.8. The van der Waals surface area contributed by atoms with Crippen LogP contribution in [0, 0.1) is 0 Å². The molecular formula is C48H40BN5. The van der Waals surface area contributed by atoms with Crippen molar-refractivity contribution in [2.75, 3.05) is 9.80 Å². The molecule has 0 saturated carbocycles. The molecule has 0 N–H and O–H groups in total. The lowest BCUT2D eigenvalue weighted by Gasteiger charge is -2.44. The van der Waals surface area contributed by atoms with Crippen molar-refractivity contribution in [1.29, 1.82) is 0 Å². The van der Waals surface area contributed by atoms with E-state index in [9.17, 15) is 0 Å². The first kappa shape index (κ1) is 31.4. The maximum Gasteiger partial charge on any atom is 0.275 e. The standard InChI is InChI=1S/C48H40BN5/c1-47(2,3)29-20-22-36-33(26-29)40-43-41(34-27-30(48(4,5)6)21-23-37(34)54(36)43)45-42-44(40)52(31-14-8-7-9-15-31)38-18-11-10-17-35(38)49(42)46-39(19-13-25-51-46)53(45)32-16-12-24-50-28-32/h7-28H,1-6H3. The second-order valence-corrected chi connectivity index (χ2v) is 17.1. The Bertz CT molecular complexity index is 2770. The van der Waals surface area contributed by atoms with E-state index in [0.717, 1.165) is 22.7 Å². The van der Waals surface area contributed by atoms with E-state index in [1.165, 1.54) is 77.2 Å². The van der Waals surface area contributed by atoms with Crippen LogP contribution in [0.25, 0.3) is 38.1 Å². The predicted molar refractivity (Wildman–Crippen MR) is 228 cm³/mol. The Kier molecular flexibility index (Phi) is 6.24. The molecule has 5 aromatic carbocycles. The van der Waals surface area contributed by atoms with Gasteiger partial charge in [-0.05, 0) is 99.6 Å². The highest BCUT2D eigenvalue weighted by Gasteiger charge is 2.47. The summed E-state index contributed by atoms with van der Waals surface area (Å²) in [5.74, 6) is 0. The molecule has 4 aromatic heterocycles. The summed E-state index contributed by atoms with van der Waals surface area (Å²) in [6.45, 7) is 13.8. The third-order valence-corrected chi connectivity index (χ3v) is 11.9. The van der Waals surface area contributed by atoms with Crippen LogP contribution in [0.1, 0.15) is 52.7 Å². The largest absolute Gasteiger partial charge is 0.311 e. The molecule has 2 aliphatic rings. The molecule has 0 saturated heterocycles. The molecule has 0 radical (unpaired) electrons. The highest BCUT2D eigenvalue weighted by Crippen LogP contribution is 2.54. The van der Waals surface area contributed by atoms with Crippen molar-refractivity contribution >= 4 is 95.5 Å². The van der Waals surface area contributed by atoms with Crippen LogP contribution < -0.4 is 26.3 Å². The van der Waals surface area contributed by atoms with E-state index in [0.29, 0.717) is 0 Å². The van der Waals surface area contributed by atoms with Crippen molar-refractivity contribution in [2.24, 2.45) is 0 Å². The third-order valence-electron chi connectivity index (χ3n) is 11.9. The highest BCUT2D eigenvalue weighted by molar-refractivity contribution is 7.00. The van der Waals surface area contributed by atoms with Crippen molar-refractivity contribution in [3.8, 4) is 0 Å². The fraction of sp³-hybridized carbons (Fsp3) is 0.167. The molecule has 54 heavy (non-hydrogen) atoms. The number of benzene rings is 5. The molecule has 0 bridgehead atoms. The molecule has 9 aromatic rings. The number of anilines is 6. The number of hydrogen-bond acceptors (Lipinski definition) is 4. The molecule has 6 heterocycles. The molecular weight excluding hydrogens is 657 g/mol. The zero-order valence-electron chi connectivity index (χ0n) is 31.5. The van der Waals surface area contributed by atoms with E-state index in [1.807, 2.05) is 24.7 Å². The summed E-state index contributed by atoms with van der Waals surface area (Å²) in [5.41, 5.74) is 16.8. The second-order valence-electron chi connectivity index (χ2n) is 17.1. The SMILES string of the molecule is CC(C)(C)c1ccc2c(c1)c1c3c4c(c5c6cc(C(C)(C)C)ccc6n2c15)N(c1cccnc1)c1cccnc1B4c1ccccc1N3c1ccccc1. The monoisotopic (exact) mass is 697 g/mol. The number of hydrogen-bond donors (Lipinski definition) is 0. The molecule has 0 unspecified atom stereocenters. The van der Waals surface area contributed by atoms with Gasteiger partial charge in [-0.15, -0.1) is 0 Å². The fourth-order valence-corrected chi connectivity index (χ4v) is 9.40. The van der Waals surface area contributed by atoms with Crippen LogP contribution in [-0.2, 0) is 10.8 Å². The van der Waals surface area contributed by atoms with Gasteiger partial charge < -0.3 is 14.2 Å². The Balaban J connectivity index is 1.46. The van der Waals surface area contributed by atoms with Gasteiger partial charge in [-0.3, -0.25) is 9.97 Å². The van der Waals surface area contributed by atoms with E-state index in [1.54, 1.807) is 0 Å². The molecule has 5 nitrogen and oxygen atoms in total. The lowest BCUT2D eigenvalue weighted by molar-refractivity contribution is 0.591. The van der Waals surface area contributed by atoms with E-state index >= 15 is 0 Å². The van der Waals surface area contributed by atoms with Gasteiger partial charge in [0.15, 0.2) is 0 Å². The number of fused-ring (bicyclic) bond motifs is 12. The zero-order chi connectivity index (χ0) is 36.7. The van der Waals surface area contributed by atoms with E-state index < -0.39 is 0 Å². The van der Waals surface area contributed by atoms with E-state index in [2.05, 4.69) is 165 Å². The molecule has 2 aliphatic heterocycles. The molecule has 11 rings (SSSR count). The molecule has 0 fully saturated rings. The van der Waals surface area contributed by atoms with Gasteiger partial charge in [-0.25, -0.2) is 0 Å². The average molecular weight is 698 g/mol. The topological polar surface area (TPSA) is 36.7 Å². The maximum absolute atomic E-state index is 5.27. The first-order valence-electron chi connectivity index (χ1n) is 19.0. The molecule has 6 heteroatoms. The Morgan fingerprint density at radius 3 is 1.76 bits per heavy atom. The summed E-state index contributed by atoms with van der Waals surface area (Å²) < 4.78 is 2.56. The van der Waals surface area contributed by atoms with Crippen molar-refractivity contribution in [3.63, 3.8) is 0 Å². The lowest BCUT2D eigenvalue weighted by Crippen LogP contribution is -2.62. The van der Waals surface area contributed by atoms with Crippen molar-refractivity contribution in [2.45, 2.75) is 52.4 Å². The summed E-state index contributed by atoms with van der Waals surface area (Å²) >= 11 is 0. The Hall–Kier alpha value is -6.14. The minimum atomic E-state index is -0.0880. The minimum Gasteiger partial charge on any atom is -0.311 e. The number of nitrogens with zero attached hydrogens (tertiary/aromatic N) is 5. The van der Waals surface area contributed by atoms with Crippen LogP contribution in [0.4, 0.5) is 34.1 Å². The van der Waals surface area contributed by atoms with Crippen LogP contribution in [0.5, 0.6) is 0 Å².